The highest BCUT2D eigenvalue weighted by Crippen LogP contribution is 2.34. The predicted octanol–water partition coefficient (Wildman–Crippen LogP) is 1.87. The largest absolute Gasteiger partial charge is 0.356 e. The molecule has 0 radical (unpaired) electrons. The van der Waals surface area contributed by atoms with Gasteiger partial charge in [0.15, 0.2) is 0 Å². The SMILES string of the molecule is Cc1cc(N2CC3CN(C(=O)c4c[nH]c5ncccc45)CC3C2)ncn1. The average Bonchev–Trinajstić information content (AvgIpc) is 3.34. The molecule has 1 amide bonds. The minimum absolute atomic E-state index is 0.100. The fourth-order valence-electron chi connectivity index (χ4n) is 4.26. The molecule has 132 valence electrons. The van der Waals surface area contributed by atoms with Crippen molar-refractivity contribution in [2.45, 2.75) is 6.92 Å². The lowest BCUT2D eigenvalue weighted by atomic mass is 10.0. The number of carbonyl (C=O) groups is 1. The van der Waals surface area contributed by atoms with Crippen LogP contribution >= 0.6 is 0 Å². The van der Waals surface area contributed by atoms with Gasteiger partial charge in [-0.15, -0.1) is 0 Å². The summed E-state index contributed by atoms with van der Waals surface area (Å²) in [5, 5.41) is 0.896. The van der Waals surface area contributed by atoms with Crippen LogP contribution in [0, 0.1) is 18.8 Å². The molecule has 7 nitrogen and oxygen atoms in total. The van der Waals surface area contributed by atoms with Gasteiger partial charge < -0.3 is 14.8 Å². The summed E-state index contributed by atoms with van der Waals surface area (Å²) in [6.45, 7) is 5.48. The molecule has 2 aliphatic rings. The predicted molar refractivity (Wildman–Crippen MR) is 98.0 cm³/mol. The van der Waals surface area contributed by atoms with Gasteiger partial charge in [-0.3, -0.25) is 4.79 Å². The number of H-pyrrole nitrogens is 1. The number of rotatable bonds is 2. The molecule has 0 saturated carbocycles. The van der Waals surface area contributed by atoms with E-state index in [0.717, 1.165) is 54.3 Å². The summed E-state index contributed by atoms with van der Waals surface area (Å²) >= 11 is 0. The van der Waals surface area contributed by atoms with Gasteiger partial charge in [0, 0.05) is 67.6 Å². The first-order valence-electron chi connectivity index (χ1n) is 8.94. The average molecular weight is 348 g/mol. The second-order valence-electron chi connectivity index (χ2n) is 7.25. The Kier molecular flexibility index (Phi) is 3.41. The Bertz CT molecular complexity index is 969. The van der Waals surface area contributed by atoms with Crippen molar-refractivity contribution < 1.29 is 4.79 Å². The summed E-state index contributed by atoms with van der Waals surface area (Å²) in [7, 11) is 0. The number of carbonyl (C=O) groups excluding carboxylic acids is 1. The first-order chi connectivity index (χ1) is 12.7. The number of nitrogens with one attached hydrogen (secondary N) is 1. The highest BCUT2D eigenvalue weighted by atomic mass is 16.2. The monoisotopic (exact) mass is 348 g/mol. The van der Waals surface area contributed by atoms with Crippen LogP contribution in [0.3, 0.4) is 0 Å². The maximum absolute atomic E-state index is 13.0. The Morgan fingerprint density at radius 2 is 1.96 bits per heavy atom. The highest BCUT2D eigenvalue weighted by molar-refractivity contribution is 6.06. The first kappa shape index (κ1) is 15.3. The van der Waals surface area contributed by atoms with Gasteiger partial charge in [-0.25, -0.2) is 15.0 Å². The van der Waals surface area contributed by atoms with Crippen LogP contribution in [0.2, 0.25) is 0 Å². The molecule has 0 bridgehead atoms. The second-order valence-corrected chi connectivity index (χ2v) is 7.25. The molecule has 0 aliphatic carbocycles. The van der Waals surface area contributed by atoms with Crippen molar-refractivity contribution >= 4 is 22.8 Å². The molecule has 5 heterocycles. The molecule has 1 N–H and O–H groups in total. The minimum Gasteiger partial charge on any atom is -0.356 e. The topological polar surface area (TPSA) is 78.0 Å². The fourth-order valence-corrected chi connectivity index (χ4v) is 4.26. The molecule has 3 aromatic rings. The van der Waals surface area contributed by atoms with Gasteiger partial charge in [0.2, 0.25) is 0 Å². The Balaban J connectivity index is 1.31. The van der Waals surface area contributed by atoms with Crippen molar-refractivity contribution in [3.63, 3.8) is 0 Å². The number of aromatic nitrogens is 4. The Morgan fingerprint density at radius 3 is 2.73 bits per heavy atom. The van der Waals surface area contributed by atoms with Crippen LogP contribution in [-0.4, -0.2) is 56.9 Å². The third-order valence-electron chi connectivity index (χ3n) is 5.57. The quantitative estimate of drug-likeness (QED) is 0.765. The minimum atomic E-state index is 0.100. The van der Waals surface area contributed by atoms with Crippen LogP contribution in [0.5, 0.6) is 0 Å². The van der Waals surface area contributed by atoms with Gasteiger partial charge in [-0.2, -0.15) is 0 Å². The van der Waals surface area contributed by atoms with E-state index in [1.165, 1.54) is 0 Å². The molecule has 2 unspecified atom stereocenters. The number of amides is 1. The number of nitrogens with zero attached hydrogens (tertiary/aromatic N) is 5. The van der Waals surface area contributed by atoms with Gasteiger partial charge in [0.1, 0.15) is 17.8 Å². The number of anilines is 1. The second kappa shape index (κ2) is 5.79. The normalized spacial score (nSPS) is 22.2. The van der Waals surface area contributed by atoms with E-state index < -0.39 is 0 Å². The van der Waals surface area contributed by atoms with Gasteiger partial charge >= 0.3 is 0 Å². The zero-order valence-electron chi connectivity index (χ0n) is 14.6. The summed E-state index contributed by atoms with van der Waals surface area (Å²) in [4.78, 5) is 33.3. The molecule has 26 heavy (non-hydrogen) atoms. The van der Waals surface area contributed by atoms with Crippen molar-refractivity contribution in [1.29, 1.82) is 0 Å². The van der Waals surface area contributed by atoms with E-state index in [4.69, 9.17) is 0 Å². The number of hydrogen-bond donors (Lipinski definition) is 1. The number of aryl methyl sites for hydroxylation is 1. The van der Waals surface area contributed by atoms with E-state index in [9.17, 15) is 4.79 Å². The number of likely N-dealkylation sites (tertiary alicyclic amines) is 1. The van der Waals surface area contributed by atoms with Crippen LogP contribution in [-0.2, 0) is 0 Å². The summed E-state index contributed by atoms with van der Waals surface area (Å²) < 4.78 is 0. The summed E-state index contributed by atoms with van der Waals surface area (Å²) in [6.07, 6.45) is 5.14. The lowest BCUT2D eigenvalue weighted by molar-refractivity contribution is 0.0784. The van der Waals surface area contributed by atoms with E-state index in [0.29, 0.717) is 11.8 Å². The van der Waals surface area contributed by atoms with Crippen LogP contribution in [0.15, 0.2) is 36.9 Å². The smallest absolute Gasteiger partial charge is 0.256 e. The summed E-state index contributed by atoms with van der Waals surface area (Å²) in [5.74, 6) is 2.09. The molecule has 2 aliphatic heterocycles. The van der Waals surface area contributed by atoms with Crippen molar-refractivity contribution in [3.05, 3.63) is 48.2 Å². The van der Waals surface area contributed by atoms with Gasteiger partial charge in [0.05, 0.1) is 5.56 Å². The number of fused-ring (bicyclic) bond motifs is 2. The maximum atomic E-state index is 13.0. The van der Waals surface area contributed by atoms with Crippen molar-refractivity contribution in [3.8, 4) is 0 Å². The third-order valence-corrected chi connectivity index (χ3v) is 5.57. The number of aromatic amines is 1. The fraction of sp³-hybridized carbons (Fsp3) is 0.368. The number of hydrogen-bond acceptors (Lipinski definition) is 5. The van der Waals surface area contributed by atoms with Crippen molar-refractivity contribution in [1.82, 2.24) is 24.8 Å². The van der Waals surface area contributed by atoms with Crippen LogP contribution in [0.25, 0.3) is 11.0 Å². The number of pyridine rings is 1. The molecule has 0 aromatic carbocycles. The van der Waals surface area contributed by atoms with Gasteiger partial charge in [0.25, 0.3) is 5.91 Å². The molecule has 7 heteroatoms. The lowest BCUT2D eigenvalue weighted by Gasteiger charge is -2.22. The van der Waals surface area contributed by atoms with Crippen LogP contribution in [0.1, 0.15) is 16.1 Å². The molecule has 5 rings (SSSR count). The molecule has 2 fully saturated rings. The summed E-state index contributed by atoms with van der Waals surface area (Å²) in [6, 6.07) is 5.85. The Morgan fingerprint density at radius 1 is 1.15 bits per heavy atom. The summed E-state index contributed by atoms with van der Waals surface area (Å²) in [5.41, 5.74) is 2.47. The van der Waals surface area contributed by atoms with E-state index in [2.05, 4.69) is 24.8 Å². The standard InChI is InChI=1S/C19H20N6O/c1-12-5-17(23-11-22-12)24-7-13-9-25(10-14(13)8-24)19(26)16-6-21-18-15(16)3-2-4-20-18/h2-6,11,13-14H,7-10H2,1H3,(H,20,21). The molecule has 0 spiro atoms. The first-order valence-corrected chi connectivity index (χ1v) is 8.94. The molecule has 2 saturated heterocycles. The molecular weight excluding hydrogens is 328 g/mol. The third kappa shape index (κ3) is 2.42. The maximum Gasteiger partial charge on any atom is 0.256 e. The Labute approximate surface area is 151 Å². The van der Waals surface area contributed by atoms with E-state index in [1.54, 1.807) is 18.7 Å². The van der Waals surface area contributed by atoms with Crippen LogP contribution < -0.4 is 4.90 Å². The molecule has 3 aromatic heterocycles. The van der Waals surface area contributed by atoms with Crippen LogP contribution in [0.4, 0.5) is 5.82 Å². The zero-order valence-corrected chi connectivity index (χ0v) is 14.6. The molecule has 2 atom stereocenters. The van der Waals surface area contributed by atoms with Gasteiger partial charge in [-0.05, 0) is 19.1 Å². The molecular formula is C19H20N6O. The van der Waals surface area contributed by atoms with E-state index in [1.807, 2.05) is 30.0 Å². The van der Waals surface area contributed by atoms with E-state index in [-0.39, 0.29) is 5.91 Å². The zero-order chi connectivity index (χ0) is 17.7. The highest BCUT2D eigenvalue weighted by Gasteiger charge is 2.42. The van der Waals surface area contributed by atoms with Crippen molar-refractivity contribution in [2.75, 3.05) is 31.1 Å². The van der Waals surface area contributed by atoms with Crippen molar-refractivity contribution in [2.24, 2.45) is 11.8 Å². The van der Waals surface area contributed by atoms with Gasteiger partial charge in [-0.1, -0.05) is 0 Å². The van der Waals surface area contributed by atoms with E-state index >= 15 is 0 Å². The lowest BCUT2D eigenvalue weighted by Crippen LogP contribution is -2.33. The Hall–Kier alpha value is -2.96.